The highest BCUT2D eigenvalue weighted by atomic mass is 16.6. The summed E-state index contributed by atoms with van der Waals surface area (Å²) in [6, 6.07) is 31.4. The van der Waals surface area contributed by atoms with Crippen molar-refractivity contribution in [2.45, 2.75) is 50.9 Å². The highest BCUT2D eigenvalue weighted by Gasteiger charge is 2.33. The highest BCUT2D eigenvalue weighted by Crippen LogP contribution is 2.41. The second-order valence-electron chi connectivity index (χ2n) is 10.4. The molecule has 4 aromatic carbocycles. The number of carbonyl (C=O) groups excluding carboxylic acids is 1. The van der Waals surface area contributed by atoms with Crippen LogP contribution in [0, 0.1) is 0 Å². The lowest BCUT2D eigenvalue weighted by Crippen LogP contribution is -2.39. The van der Waals surface area contributed by atoms with Gasteiger partial charge in [-0.2, -0.15) is 0 Å². The van der Waals surface area contributed by atoms with E-state index in [0.29, 0.717) is 5.75 Å². The molecule has 0 radical (unpaired) electrons. The van der Waals surface area contributed by atoms with Crippen LogP contribution < -0.4 is 14.8 Å². The number of rotatable bonds is 8. The summed E-state index contributed by atoms with van der Waals surface area (Å²) in [6.45, 7) is 6.36. The first-order valence-electron chi connectivity index (χ1n) is 13.2. The SMILES string of the molecule is COC(=O)C(C)(C)Oc1cccc([C@@H]2C[C@H](CNC(C)c3cccc4ccccc34)Oc3ccccc32)c1. The second-order valence-corrected chi connectivity index (χ2v) is 10.4. The van der Waals surface area contributed by atoms with E-state index in [1.807, 2.05) is 30.3 Å². The van der Waals surface area contributed by atoms with Crippen LogP contribution in [0.2, 0.25) is 0 Å². The Morgan fingerprint density at radius 2 is 1.74 bits per heavy atom. The maximum absolute atomic E-state index is 12.2. The van der Waals surface area contributed by atoms with Crippen LogP contribution in [0.25, 0.3) is 10.8 Å². The van der Waals surface area contributed by atoms with Gasteiger partial charge >= 0.3 is 5.97 Å². The topological polar surface area (TPSA) is 56.8 Å². The molecular formula is C33H35NO4. The van der Waals surface area contributed by atoms with E-state index in [1.165, 1.54) is 23.4 Å². The smallest absolute Gasteiger partial charge is 0.349 e. The molecule has 1 aliphatic heterocycles. The summed E-state index contributed by atoms with van der Waals surface area (Å²) in [5.74, 6) is 1.28. The number of benzene rings is 4. The molecule has 0 spiro atoms. The van der Waals surface area contributed by atoms with Gasteiger partial charge in [0.1, 0.15) is 17.6 Å². The third-order valence-electron chi connectivity index (χ3n) is 7.34. The number of para-hydroxylation sites is 1. The van der Waals surface area contributed by atoms with E-state index in [4.69, 9.17) is 14.2 Å². The van der Waals surface area contributed by atoms with Crippen molar-refractivity contribution in [2.24, 2.45) is 0 Å². The van der Waals surface area contributed by atoms with E-state index >= 15 is 0 Å². The highest BCUT2D eigenvalue weighted by molar-refractivity contribution is 5.86. The minimum atomic E-state index is -1.08. The third-order valence-corrected chi connectivity index (χ3v) is 7.34. The molecule has 5 heteroatoms. The zero-order chi connectivity index (χ0) is 26.7. The van der Waals surface area contributed by atoms with Crippen molar-refractivity contribution in [3.63, 3.8) is 0 Å². The van der Waals surface area contributed by atoms with Gasteiger partial charge in [-0.3, -0.25) is 0 Å². The molecule has 196 valence electrons. The van der Waals surface area contributed by atoms with Crippen LogP contribution in [0.3, 0.4) is 0 Å². The average molecular weight is 510 g/mol. The van der Waals surface area contributed by atoms with Gasteiger partial charge in [0.15, 0.2) is 5.60 Å². The molecule has 0 fully saturated rings. The lowest BCUT2D eigenvalue weighted by molar-refractivity contribution is -0.156. The van der Waals surface area contributed by atoms with Gasteiger partial charge in [-0.1, -0.05) is 72.8 Å². The number of hydrogen-bond acceptors (Lipinski definition) is 5. The largest absolute Gasteiger partial charge is 0.489 e. The first-order valence-corrected chi connectivity index (χ1v) is 13.2. The van der Waals surface area contributed by atoms with Crippen molar-refractivity contribution in [1.29, 1.82) is 0 Å². The number of esters is 1. The molecular weight excluding hydrogens is 474 g/mol. The number of carbonyl (C=O) groups is 1. The Morgan fingerprint density at radius 3 is 2.58 bits per heavy atom. The van der Waals surface area contributed by atoms with Crippen LogP contribution in [0.15, 0.2) is 91.0 Å². The summed E-state index contributed by atoms with van der Waals surface area (Å²) in [5.41, 5.74) is 2.50. The van der Waals surface area contributed by atoms with Gasteiger partial charge in [0.05, 0.1) is 7.11 Å². The molecule has 0 saturated carbocycles. The molecule has 4 aromatic rings. The molecule has 0 aliphatic carbocycles. The molecule has 1 unspecified atom stereocenters. The van der Waals surface area contributed by atoms with Crippen molar-refractivity contribution in [3.05, 3.63) is 108 Å². The molecule has 3 atom stereocenters. The fourth-order valence-electron chi connectivity index (χ4n) is 5.36. The van der Waals surface area contributed by atoms with Gasteiger partial charge in [-0.25, -0.2) is 4.79 Å². The Hall–Kier alpha value is -3.83. The Bertz CT molecular complexity index is 1420. The van der Waals surface area contributed by atoms with Crippen LogP contribution in [-0.4, -0.2) is 31.3 Å². The summed E-state index contributed by atoms with van der Waals surface area (Å²) in [7, 11) is 1.37. The quantitative estimate of drug-likeness (QED) is 0.265. The minimum absolute atomic E-state index is 0.00316. The third kappa shape index (κ3) is 5.39. The molecule has 1 N–H and O–H groups in total. The monoisotopic (exact) mass is 509 g/mol. The summed E-state index contributed by atoms with van der Waals surface area (Å²) < 4.78 is 17.4. The first-order chi connectivity index (χ1) is 18.4. The van der Waals surface area contributed by atoms with Crippen LogP contribution in [0.4, 0.5) is 0 Å². The van der Waals surface area contributed by atoms with Crippen molar-refractivity contribution in [3.8, 4) is 11.5 Å². The lowest BCUT2D eigenvalue weighted by atomic mass is 9.84. The van der Waals surface area contributed by atoms with Gasteiger partial charge in [-0.05, 0) is 67.3 Å². The van der Waals surface area contributed by atoms with Crippen molar-refractivity contribution in [1.82, 2.24) is 5.32 Å². The lowest BCUT2D eigenvalue weighted by Gasteiger charge is -2.34. The number of methoxy groups -OCH3 is 1. The van der Waals surface area contributed by atoms with Crippen molar-refractivity contribution >= 4 is 16.7 Å². The molecule has 0 bridgehead atoms. The van der Waals surface area contributed by atoms with Gasteiger partial charge in [0.25, 0.3) is 0 Å². The van der Waals surface area contributed by atoms with E-state index in [0.717, 1.165) is 29.8 Å². The van der Waals surface area contributed by atoms with Crippen molar-refractivity contribution < 1.29 is 19.0 Å². The summed E-state index contributed by atoms with van der Waals surface area (Å²) in [6.07, 6.45) is 0.833. The van der Waals surface area contributed by atoms with E-state index in [1.54, 1.807) is 13.8 Å². The van der Waals surface area contributed by atoms with E-state index < -0.39 is 11.6 Å². The molecule has 38 heavy (non-hydrogen) atoms. The Kier molecular flexibility index (Phi) is 7.39. The molecule has 1 heterocycles. The maximum atomic E-state index is 12.2. The average Bonchev–Trinajstić information content (AvgIpc) is 2.94. The van der Waals surface area contributed by atoms with Gasteiger partial charge < -0.3 is 19.5 Å². The summed E-state index contributed by atoms with van der Waals surface area (Å²) >= 11 is 0. The van der Waals surface area contributed by atoms with Crippen LogP contribution >= 0.6 is 0 Å². The standard InChI is InChI=1S/C33H35NO4/c1-22(27-17-10-12-23-11-5-6-15-28(23)27)34-21-26-20-30(29-16-7-8-18-31(29)37-26)24-13-9-14-25(19-24)38-33(2,3)32(35)36-4/h5-19,22,26,30,34H,20-21H2,1-4H3/t22?,26-,30+/m1/s1. The number of ether oxygens (including phenoxy) is 3. The van der Waals surface area contributed by atoms with E-state index in [9.17, 15) is 4.79 Å². The van der Waals surface area contributed by atoms with Crippen LogP contribution in [0.1, 0.15) is 55.8 Å². The first kappa shape index (κ1) is 25.8. The predicted octanol–water partition coefficient (Wildman–Crippen LogP) is 6.80. The molecule has 1 aliphatic rings. The fraction of sp³-hybridized carbons (Fsp3) is 0.303. The zero-order valence-electron chi connectivity index (χ0n) is 22.4. The number of hydrogen-bond donors (Lipinski definition) is 1. The molecule has 0 amide bonds. The number of fused-ring (bicyclic) bond motifs is 2. The van der Waals surface area contributed by atoms with E-state index in [-0.39, 0.29) is 18.1 Å². The van der Waals surface area contributed by atoms with Gasteiger partial charge in [0, 0.05) is 24.1 Å². The van der Waals surface area contributed by atoms with Gasteiger partial charge in [0.2, 0.25) is 0 Å². The van der Waals surface area contributed by atoms with E-state index in [2.05, 4.69) is 72.9 Å². The zero-order valence-corrected chi connectivity index (χ0v) is 22.4. The fourth-order valence-corrected chi connectivity index (χ4v) is 5.36. The van der Waals surface area contributed by atoms with Crippen LogP contribution in [-0.2, 0) is 9.53 Å². The predicted molar refractivity (Wildman–Crippen MR) is 151 cm³/mol. The minimum Gasteiger partial charge on any atom is -0.489 e. The molecule has 5 nitrogen and oxygen atoms in total. The van der Waals surface area contributed by atoms with Gasteiger partial charge in [-0.15, -0.1) is 0 Å². The Balaban J connectivity index is 1.35. The normalized spacial score (nSPS) is 17.8. The maximum Gasteiger partial charge on any atom is 0.349 e. The van der Waals surface area contributed by atoms with Crippen molar-refractivity contribution in [2.75, 3.05) is 13.7 Å². The Labute approximate surface area is 224 Å². The summed E-state index contributed by atoms with van der Waals surface area (Å²) in [5, 5.41) is 6.25. The number of nitrogens with one attached hydrogen (secondary N) is 1. The molecule has 5 rings (SSSR count). The Morgan fingerprint density at radius 1 is 1.00 bits per heavy atom. The molecule has 0 saturated heterocycles. The van der Waals surface area contributed by atoms with Crippen LogP contribution in [0.5, 0.6) is 11.5 Å². The summed E-state index contributed by atoms with van der Waals surface area (Å²) in [4.78, 5) is 12.2. The second kappa shape index (κ2) is 10.9. The molecule has 0 aromatic heterocycles.